The van der Waals surface area contributed by atoms with E-state index in [1.54, 1.807) is 24.8 Å². The lowest BCUT2D eigenvalue weighted by Crippen LogP contribution is -2.18. The Hall–Kier alpha value is -6.66. The van der Waals surface area contributed by atoms with Gasteiger partial charge in [-0.25, -0.2) is 19.9 Å². The molecule has 0 saturated heterocycles. The highest BCUT2D eigenvalue weighted by Gasteiger charge is 2.46. The number of para-hydroxylation sites is 2. The van der Waals surface area contributed by atoms with Gasteiger partial charge in [-0.15, -0.1) is 0 Å². The highest BCUT2D eigenvalue weighted by atomic mass is 15.1. The maximum atomic E-state index is 4.57. The fourth-order valence-electron chi connectivity index (χ4n) is 9.48. The first-order valence-corrected chi connectivity index (χ1v) is 18.6. The van der Waals surface area contributed by atoms with Gasteiger partial charge in [0.1, 0.15) is 0 Å². The Labute approximate surface area is 313 Å². The minimum atomic E-state index is -0.291. The molecular formula is C48H36N6. The molecule has 6 heterocycles. The van der Waals surface area contributed by atoms with Crippen molar-refractivity contribution in [3.63, 3.8) is 0 Å². The zero-order valence-corrected chi connectivity index (χ0v) is 30.5. The van der Waals surface area contributed by atoms with Crippen LogP contribution >= 0.6 is 0 Å². The van der Waals surface area contributed by atoms with E-state index in [4.69, 9.17) is 0 Å². The number of fused-ring (bicyclic) bond motifs is 10. The third-order valence-corrected chi connectivity index (χ3v) is 11.8. The van der Waals surface area contributed by atoms with Crippen LogP contribution in [0.3, 0.4) is 0 Å². The molecule has 258 valence electrons. The first-order chi connectivity index (χ1) is 26.3. The van der Waals surface area contributed by atoms with E-state index < -0.39 is 0 Å². The van der Waals surface area contributed by atoms with Crippen LogP contribution in [0.5, 0.6) is 0 Å². The van der Waals surface area contributed by atoms with Crippen molar-refractivity contribution in [2.45, 2.75) is 38.5 Å². The monoisotopic (exact) mass is 696 g/mol. The summed E-state index contributed by atoms with van der Waals surface area (Å²) in [6.45, 7) is 9.56. The summed E-state index contributed by atoms with van der Waals surface area (Å²) in [5.74, 6) is 1.46. The Balaban J connectivity index is 1.14. The van der Waals surface area contributed by atoms with E-state index >= 15 is 0 Å². The Morgan fingerprint density at radius 1 is 0.407 bits per heavy atom. The first-order valence-electron chi connectivity index (χ1n) is 18.6. The zero-order chi connectivity index (χ0) is 36.3. The number of nitrogens with zero attached hydrogens (tertiary/aromatic N) is 6. The van der Waals surface area contributed by atoms with Gasteiger partial charge < -0.3 is 9.13 Å². The van der Waals surface area contributed by atoms with Gasteiger partial charge in [0, 0.05) is 80.0 Å². The van der Waals surface area contributed by atoms with Crippen molar-refractivity contribution in [3.05, 3.63) is 169 Å². The SMILES string of the molecule is CC1(C)c2cc3c(cc2-n2c1c(-c1cccc(-c4ncccn4)c1)c1ccccc12)C(C)(C)c1c(-c2cccc(-c4ncccn4)c2)c2ccccc2n1-3. The number of benzene rings is 5. The van der Waals surface area contributed by atoms with Gasteiger partial charge >= 0.3 is 0 Å². The number of hydrogen-bond acceptors (Lipinski definition) is 4. The van der Waals surface area contributed by atoms with Gasteiger partial charge in [-0.3, -0.25) is 0 Å². The van der Waals surface area contributed by atoms with Crippen molar-refractivity contribution in [1.82, 2.24) is 29.1 Å². The Kier molecular flexibility index (Phi) is 6.26. The molecular weight excluding hydrogens is 661 g/mol. The second-order valence-electron chi connectivity index (χ2n) is 15.6. The quantitative estimate of drug-likeness (QED) is 0.184. The standard InChI is InChI=1S/C48H36N6/c1-47(2)35-27-40-36(28-39(35)53-37-19-7-5-17-33(37)41(43(47)53)29-13-9-15-31(25-29)45-49-21-11-22-50-45)48(3,4)44-42(34-18-6-8-20-38(34)54(40)44)30-14-10-16-32(26-30)46-51-23-12-24-52-46/h5-28H,1-4H3. The molecule has 0 unspecified atom stereocenters. The minimum absolute atomic E-state index is 0.291. The number of rotatable bonds is 4. The summed E-state index contributed by atoms with van der Waals surface area (Å²) in [5.41, 5.74) is 16.5. The van der Waals surface area contributed by atoms with Gasteiger partial charge in [-0.05, 0) is 70.8 Å². The molecule has 9 aromatic rings. The molecule has 0 aliphatic carbocycles. The van der Waals surface area contributed by atoms with Crippen LogP contribution in [0.15, 0.2) is 146 Å². The van der Waals surface area contributed by atoms with Gasteiger partial charge in [0.2, 0.25) is 0 Å². The molecule has 0 fully saturated rings. The highest BCUT2D eigenvalue weighted by molar-refractivity contribution is 6.04. The maximum Gasteiger partial charge on any atom is 0.159 e. The predicted molar refractivity (Wildman–Crippen MR) is 217 cm³/mol. The lowest BCUT2D eigenvalue weighted by molar-refractivity contribution is 0.644. The lowest BCUT2D eigenvalue weighted by atomic mass is 9.76. The molecule has 0 amide bonds. The van der Waals surface area contributed by atoms with Crippen LogP contribution in [0.25, 0.3) is 78.2 Å². The molecule has 6 nitrogen and oxygen atoms in total. The van der Waals surface area contributed by atoms with Crippen LogP contribution in [0.4, 0.5) is 0 Å². The molecule has 11 rings (SSSR count). The summed E-state index contributed by atoms with van der Waals surface area (Å²) < 4.78 is 5.08. The fraction of sp³-hybridized carbons (Fsp3) is 0.125. The third kappa shape index (κ3) is 4.11. The molecule has 2 aliphatic rings. The second-order valence-corrected chi connectivity index (χ2v) is 15.6. The van der Waals surface area contributed by atoms with Crippen LogP contribution in [0.2, 0.25) is 0 Å². The molecule has 0 spiro atoms. The lowest BCUT2D eigenvalue weighted by Gasteiger charge is -2.24. The summed E-state index contributed by atoms with van der Waals surface area (Å²) in [6, 6.07) is 43.9. The Bertz CT molecular complexity index is 2780. The Morgan fingerprint density at radius 3 is 1.22 bits per heavy atom. The van der Waals surface area contributed by atoms with Crippen molar-refractivity contribution in [2.24, 2.45) is 0 Å². The van der Waals surface area contributed by atoms with E-state index in [-0.39, 0.29) is 10.8 Å². The van der Waals surface area contributed by atoms with Gasteiger partial charge in [0.05, 0.1) is 22.4 Å². The predicted octanol–water partition coefficient (Wildman–Crippen LogP) is 11.1. The van der Waals surface area contributed by atoms with Crippen molar-refractivity contribution >= 4 is 21.8 Å². The molecule has 0 bridgehead atoms. The zero-order valence-electron chi connectivity index (χ0n) is 30.5. The van der Waals surface area contributed by atoms with Gasteiger partial charge in [0.25, 0.3) is 0 Å². The molecule has 6 heteroatoms. The largest absolute Gasteiger partial charge is 0.312 e. The smallest absolute Gasteiger partial charge is 0.159 e. The summed E-state index contributed by atoms with van der Waals surface area (Å²) in [6.07, 6.45) is 7.22. The average molecular weight is 697 g/mol. The summed E-state index contributed by atoms with van der Waals surface area (Å²) >= 11 is 0. The molecule has 0 radical (unpaired) electrons. The normalized spacial score (nSPS) is 14.6. The van der Waals surface area contributed by atoms with E-state index in [0.717, 1.165) is 22.8 Å². The Morgan fingerprint density at radius 2 is 0.796 bits per heavy atom. The van der Waals surface area contributed by atoms with E-state index in [0.29, 0.717) is 0 Å². The van der Waals surface area contributed by atoms with Crippen LogP contribution in [-0.4, -0.2) is 29.1 Å². The van der Waals surface area contributed by atoms with Crippen LogP contribution in [-0.2, 0) is 10.8 Å². The summed E-state index contributed by atoms with van der Waals surface area (Å²) in [4.78, 5) is 18.3. The van der Waals surface area contributed by atoms with Crippen molar-refractivity contribution in [2.75, 3.05) is 0 Å². The summed E-state index contributed by atoms with van der Waals surface area (Å²) in [5, 5.41) is 2.50. The molecule has 0 N–H and O–H groups in total. The molecule has 5 aromatic carbocycles. The minimum Gasteiger partial charge on any atom is -0.312 e. The fourth-order valence-corrected chi connectivity index (χ4v) is 9.48. The van der Waals surface area contributed by atoms with Crippen molar-refractivity contribution < 1.29 is 0 Å². The van der Waals surface area contributed by atoms with Gasteiger partial charge in [-0.2, -0.15) is 0 Å². The van der Waals surface area contributed by atoms with Crippen LogP contribution in [0.1, 0.15) is 50.2 Å². The van der Waals surface area contributed by atoms with Crippen LogP contribution in [0, 0.1) is 0 Å². The van der Waals surface area contributed by atoms with Crippen LogP contribution < -0.4 is 0 Å². The molecule has 54 heavy (non-hydrogen) atoms. The molecule has 0 saturated carbocycles. The number of aromatic nitrogens is 6. The van der Waals surface area contributed by atoms with E-state index in [1.165, 1.54) is 77.9 Å². The second kappa shape index (κ2) is 10.9. The third-order valence-electron chi connectivity index (χ3n) is 11.8. The molecule has 4 aromatic heterocycles. The molecule has 0 atom stereocenters. The highest BCUT2D eigenvalue weighted by Crippen LogP contribution is 2.57. The number of hydrogen-bond donors (Lipinski definition) is 0. The van der Waals surface area contributed by atoms with E-state index in [9.17, 15) is 0 Å². The summed E-state index contributed by atoms with van der Waals surface area (Å²) in [7, 11) is 0. The van der Waals surface area contributed by atoms with Gasteiger partial charge in [0.15, 0.2) is 11.6 Å². The van der Waals surface area contributed by atoms with Crippen molar-refractivity contribution in [1.29, 1.82) is 0 Å². The van der Waals surface area contributed by atoms with E-state index in [1.807, 2.05) is 12.1 Å². The maximum absolute atomic E-state index is 4.57. The average Bonchev–Trinajstić information content (AvgIpc) is 3.88. The first kappa shape index (κ1) is 30.9. The van der Waals surface area contributed by atoms with E-state index in [2.05, 4.69) is 166 Å². The van der Waals surface area contributed by atoms with Gasteiger partial charge in [-0.1, -0.05) is 100 Å². The van der Waals surface area contributed by atoms with Crippen molar-refractivity contribution in [3.8, 4) is 56.4 Å². The topological polar surface area (TPSA) is 61.4 Å². The molecule has 2 aliphatic heterocycles.